The van der Waals surface area contributed by atoms with Gasteiger partial charge < -0.3 is 19.5 Å². The number of aromatic nitrogens is 2. The van der Waals surface area contributed by atoms with Gasteiger partial charge in [0.2, 0.25) is 11.7 Å². The Morgan fingerprint density at radius 3 is 2.63 bits per heavy atom. The molecule has 1 aliphatic heterocycles. The van der Waals surface area contributed by atoms with Crippen LogP contribution in [-0.4, -0.2) is 40.8 Å². The molecule has 0 radical (unpaired) electrons. The molecule has 30 heavy (non-hydrogen) atoms. The zero-order chi connectivity index (χ0) is 20.9. The molecule has 1 aliphatic rings. The van der Waals surface area contributed by atoms with E-state index in [0.717, 1.165) is 29.8 Å². The molecule has 3 aromatic rings. The molecule has 1 saturated heterocycles. The Bertz CT molecular complexity index is 998. The van der Waals surface area contributed by atoms with Gasteiger partial charge in [0.25, 0.3) is 0 Å². The highest BCUT2D eigenvalue weighted by Crippen LogP contribution is 2.31. The van der Waals surface area contributed by atoms with Crippen molar-refractivity contribution in [3.8, 4) is 17.1 Å². The quantitative estimate of drug-likeness (QED) is 0.606. The number of ether oxygens (including phenoxy) is 1. The van der Waals surface area contributed by atoms with Crippen LogP contribution < -0.4 is 10.1 Å². The molecule has 0 unspecified atom stereocenters. The highest BCUT2D eigenvalue weighted by Gasteiger charge is 2.28. The fourth-order valence-electron chi connectivity index (χ4n) is 3.49. The number of likely N-dealkylation sites (tertiary alicyclic amines) is 1. The fourth-order valence-corrected chi connectivity index (χ4v) is 3.71. The smallest absolute Gasteiger partial charge is 0.321 e. The third kappa shape index (κ3) is 4.57. The molecular formula is C22H23ClN4O3. The summed E-state index contributed by atoms with van der Waals surface area (Å²) in [5.41, 5.74) is 1.49. The molecule has 2 aromatic carbocycles. The summed E-state index contributed by atoms with van der Waals surface area (Å²) in [4.78, 5) is 18.9. The van der Waals surface area contributed by atoms with Gasteiger partial charge in [0.1, 0.15) is 5.75 Å². The molecule has 0 bridgehead atoms. The van der Waals surface area contributed by atoms with E-state index < -0.39 is 0 Å². The number of nitrogens with zero attached hydrogens (tertiary/aromatic N) is 3. The third-order valence-corrected chi connectivity index (χ3v) is 5.43. The molecule has 2 heterocycles. The van der Waals surface area contributed by atoms with E-state index in [1.807, 2.05) is 49.4 Å². The molecule has 0 saturated carbocycles. The minimum Gasteiger partial charge on any atom is -0.494 e. The Balaban J connectivity index is 1.32. The molecule has 156 valence electrons. The van der Waals surface area contributed by atoms with Gasteiger partial charge in [0, 0.05) is 30.3 Å². The Morgan fingerprint density at radius 2 is 1.93 bits per heavy atom. The lowest BCUT2D eigenvalue weighted by atomic mass is 9.97. The first kappa shape index (κ1) is 20.2. The van der Waals surface area contributed by atoms with Gasteiger partial charge in [-0.2, -0.15) is 4.98 Å². The molecule has 7 nitrogen and oxygen atoms in total. The van der Waals surface area contributed by atoms with E-state index in [1.165, 1.54) is 0 Å². The number of hydrogen-bond donors (Lipinski definition) is 1. The van der Waals surface area contributed by atoms with Gasteiger partial charge >= 0.3 is 6.03 Å². The molecule has 8 heteroatoms. The molecule has 0 spiro atoms. The lowest BCUT2D eigenvalue weighted by molar-refractivity contribution is 0.187. The monoisotopic (exact) mass is 426 g/mol. The van der Waals surface area contributed by atoms with Crippen LogP contribution in [-0.2, 0) is 0 Å². The van der Waals surface area contributed by atoms with Gasteiger partial charge in [0.15, 0.2) is 0 Å². The highest BCUT2D eigenvalue weighted by molar-refractivity contribution is 6.33. The van der Waals surface area contributed by atoms with E-state index in [2.05, 4.69) is 15.5 Å². The van der Waals surface area contributed by atoms with Crippen LogP contribution in [0.2, 0.25) is 5.02 Å². The second kappa shape index (κ2) is 9.17. The van der Waals surface area contributed by atoms with Crippen molar-refractivity contribution in [3.05, 3.63) is 59.4 Å². The SMILES string of the molecule is CCOc1ccc(NC(=O)N2CCC(c3nc(-c4ccccc4Cl)no3)CC2)cc1. The zero-order valence-electron chi connectivity index (χ0n) is 16.7. The second-order valence-corrected chi connectivity index (χ2v) is 7.49. The largest absolute Gasteiger partial charge is 0.494 e. The van der Waals surface area contributed by atoms with Gasteiger partial charge in [-0.25, -0.2) is 4.79 Å². The highest BCUT2D eigenvalue weighted by atomic mass is 35.5. The molecular weight excluding hydrogens is 404 g/mol. The summed E-state index contributed by atoms with van der Waals surface area (Å²) >= 11 is 6.22. The lowest BCUT2D eigenvalue weighted by Gasteiger charge is -2.30. The van der Waals surface area contributed by atoms with E-state index >= 15 is 0 Å². The van der Waals surface area contributed by atoms with Crippen molar-refractivity contribution in [2.24, 2.45) is 0 Å². The Kier molecular flexibility index (Phi) is 6.18. The number of carbonyl (C=O) groups is 1. The van der Waals surface area contributed by atoms with Crippen LogP contribution >= 0.6 is 11.6 Å². The first-order valence-electron chi connectivity index (χ1n) is 10.0. The summed E-state index contributed by atoms with van der Waals surface area (Å²) in [6.45, 7) is 3.79. The van der Waals surface area contributed by atoms with E-state index in [-0.39, 0.29) is 11.9 Å². The normalized spacial score (nSPS) is 14.5. The van der Waals surface area contributed by atoms with Gasteiger partial charge in [-0.1, -0.05) is 28.9 Å². The maximum Gasteiger partial charge on any atom is 0.321 e. The predicted octanol–water partition coefficient (Wildman–Crippen LogP) is 5.20. The molecule has 1 fully saturated rings. The van der Waals surface area contributed by atoms with Crippen molar-refractivity contribution in [1.82, 2.24) is 15.0 Å². The maximum atomic E-state index is 12.6. The average Bonchev–Trinajstić information content (AvgIpc) is 3.26. The van der Waals surface area contributed by atoms with Crippen molar-refractivity contribution < 1.29 is 14.1 Å². The number of hydrogen-bond acceptors (Lipinski definition) is 5. The maximum absolute atomic E-state index is 12.6. The topological polar surface area (TPSA) is 80.5 Å². The summed E-state index contributed by atoms with van der Waals surface area (Å²) in [6.07, 6.45) is 1.53. The minimum absolute atomic E-state index is 0.111. The minimum atomic E-state index is -0.111. The Labute approximate surface area is 180 Å². The number of halogens is 1. The number of anilines is 1. The van der Waals surface area contributed by atoms with Crippen molar-refractivity contribution in [2.45, 2.75) is 25.7 Å². The molecule has 4 rings (SSSR count). The fraction of sp³-hybridized carbons (Fsp3) is 0.318. The molecule has 0 atom stereocenters. The van der Waals surface area contributed by atoms with Gasteiger partial charge in [-0.15, -0.1) is 0 Å². The number of piperidine rings is 1. The van der Waals surface area contributed by atoms with Crippen molar-refractivity contribution in [3.63, 3.8) is 0 Å². The first-order chi connectivity index (χ1) is 14.6. The van der Waals surface area contributed by atoms with E-state index in [4.69, 9.17) is 20.9 Å². The number of benzene rings is 2. The molecule has 1 aromatic heterocycles. The number of urea groups is 1. The van der Waals surface area contributed by atoms with Crippen LogP contribution in [0.15, 0.2) is 53.1 Å². The van der Waals surface area contributed by atoms with Gasteiger partial charge in [-0.05, 0) is 56.2 Å². The van der Waals surface area contributed by atoms with Crippen LogP contribution in [0.4, 0.5) is 10.5 Å². The standard InChI is InChI=1S/C22H23ClN4O3/c1-2-29-17-9-7-16(8-10-17)24-22(28)27-13-11-15(12-14-27)21-25-20(26-30-21)18-5-3-4-6-19(18)23/h3-10,15H,2,11-14H2,1H3,(H,24,28). The Hall–Kier alpha value is -3.06. The number of amides is 2. The average molecular weight is 427 g/mol. The van der Waals surface area contributed by atoms with Crippen LogP contribution in [0.3, 0.4) is 0 Å². The van der Waals surface area contributed by atoms with Crippen molar-refractivity contribution in [2.75, 3.05) is 25.0 Å². The molecule has 0 aliphatic carbocycles. The summed E-state index contributed by atoms with van der Waals surface area (Å²) in [7, 11) is 0. The summed E-state index contributed by atoms with van der Waals surface area (Å²) < 4.78 is 10.9. The third-order valence-electron chi connectivity index (χ3n) is 5.10. The molecule has 2 amide bonds. The number of rotatable bonds is 5. The van der Waals surface area contributed by atoms with Gasteiger partial charge in [-0.3, -0.25) is 0 Å². The van der Waals surface area contributed by atoms with E-state index in [9.17, 15) is 4.79 Å². The van der Waals surface area contributed by atoms with Crippen LogP contribution in [0, 0.1) is 0 Å². The van der Waals surface area contributed by atoms with Crippen molar-refractivity contribution in [1.29, 1.82) is 0 Å². The van der Waals surface area contributed by atoms with Gasteiger partial charge in [0.05, 0.1) is 11.6 Å². The summed E-state index contributed by atoms with van der Waals surface area (Å²) in [5.74, 6) is 2.00. The van der Waals surface area contributed by atoms with E-state index in [0.29, 0.717) is 36.4 Å². The number of carbonyl (C=O) groups excluding carboxylic acids is 1. The van der Waals surface area contributed by atoms with Crippen LogP contribution in [0.1, 0.15) is 31.6 Å². The lowest BCUT2D eigenvalue weighted by Crippen LogP contribution is -2.40. The summed E-state index contributed by atoms with van der Waals surface area (Å²) in [5, 5.41) is 7.60. The summed E-state index contributed by atoms with van der Waals surface area (Å²) in [6, 6.07) is 14.7. The van der Waals surface area contributed by atoms with Crippen LogP contribution in [0.5, 0.6) is 5.75 Å². The number of nitrogens with one attached hydrogen (secondary N) is 1. The second-order valence-electron chi connectivity index (χ2n) is 7.08. The molecule has 1 N–H and O–H groups in total. The van der Waals surface area contributed by atoms with E-state index in [1.54, 1.807) is 11.0 Å². The van der Waals surface area contributed by atoms with Crippen LogP contribution in [0.25, 0.3) is 11.4 Å². The predicted molar refractivity (Wildman–Crippen MR) is 115 cm³/mol. The Morgan fingerprint density at radius 1 is 1.20 bits per heavy atom. The zero-order valence-corrected chi connectivity index (χ0v) is 17.4. The van der Waals surface area contributed by atoms with Crippen molar-refractivity contribution >= 4 is 23.3 Å². The first-order valence-corrected chi connectivity index (χ1v) is 10.4.